The van der Waals surface area contributed by atoms with E-state index in [0.717, 1.165) is 12.5 Å². The Balaban J connectivity index is 2.77. The van der Waals surface area contributed by atoms with Crippen molar-refractivity contribution in [3.63, 3.8) is 0 Å². The normalized spacial score (nSPS) is 9.94. The largest absolute Gasteiger partial charge is 0.397 e. The van der Waals surface area contributed by atoms with E-state index in [4.69, 9.17) is 5.73 Å². The highest BCUT2D eigenvalue weighted by atomic mass is 19.1. The van der Waals surface area contributed by atoms with Crippen molar-refractivity contribution in [3.8, 4) is 0 Å². The van der Waals surface area contributed by atoms with Gasteiger partial charge in [-0.15, -0.1) is 0 Å². The third-order valence-corrected chi connectivity index (χ3v) is 1.86. The molecule has 1 aromatic carbocycles. The van der Waals surface area contributed by atoms with Gasteiger partial charge in [0.2, 0.25) is 0 Å². The fraction of sp³-hybridized carbons (Fsp3) is 0.300. The Labute approximate surface area is 91.8 Å². The number of urea groups is 1. The smallest absolute Gasteiger partial charge is 0.319 e. The third kappa shape index (κ3) is 3.08. The lowest BCUT2D eigenvalue weighted by Gasteiger charge is -2.10. The van der Waals surface area contributed by atoms with Crippen molar-refractivity contribution in [1.82, 2.24) is 5.32 Å². The highest BCUT2D eigenvalue weighted by molar-refractivity contribution is 5.92. The summed E-state index contributed by atoms with van der Waals surface area (Å²) in [5.41, 5.74) is 5.01. The lowest BCUT2D eigenvalue weighted by molar-refractivity contribution is 0.252. The van der Waals surface area contributed by atoms with Gasteiger partial charge >= 0.3 is 6.03 Å². The lowest BCUT2D eigenvalue weighted by Crippen LogP contribution is -2.30. The van der Waals surface area contributed by atoms with Gasteiger partial charge in [-0.2, -0.15) is 0 Å². The van der Waals surface area contributed by atoms with Crippen LogP contribution in [0.1, 0.15) is 13.3 Å². The molecule has 0 unspecified atom stereocenters. The molecule has 4 nitrogen and oxygen atoms in total. The Bertz CT molecular complexity index is 373. The predicted molar refractivity (Wildman–Crippen MR) is 58.1 cm³/mol. The fourth-order valence-corrected chi connectivity index (χ4v) is 1.12. The lowest BCUT2D eigenvalue weighted by atomic mass is 10.2. The van der Waals surface area contributed by atoms with Crippen molar-refractivity contribution in [2.45, 2.75) is 13.3 Å². The summed E-state index contributed by atoms with van der Waals surface area (Å²) >= 11 is 0. The van der Waals surface area contributed by atoms with E-state index in [0.29, 0.717) is 12.6 Å². The van der Waals surface area contributed by atoms with Gasteiger partial charge in [-0.1, -0.05) is 6.92 Å². The number of nitrogen functional groups attached to an aromatic ring is 1. The highest BCUT2D eigenvalue weighted by Gasteiger charge is 2.11. The van der Waals surface area contributed by atoms with Crippen LogP contribution in [-0.2, 0) is 0 Å². The van der Waals surface area contributed by atoms with Gasteiger partial charge in [-0.25, -0.2) is 13.6 Å². The molecule has 0 fully saturated rings. The van der Waals surface area contributed by atoms with Gasteiger partial charge < -0.3 is 16.4 Å². The van der Waals surface area contributed by atoms with Crippen molar-refractivity contribution in [2.24, 2.45) is 0 Å². The number of rotatable bonds is 3. The number of hydrogen-bond donors (Lipinski definition) is 3. The maximum Gasteiger partial charge on any atom is 0.319 e. The van der Waals surface area contributed by atoms with Gasteiger partial charge in [-0.05, 0) is 12.5 Å². The van der Waals surface area contributed by atoms with Crippen molar-refractivity contribution in [3.05, 3.63) is 23.8 Å². The first kappa shape index (κ1) is 12.2. The summed E-state index contributed by atoms with van der Waals surface area (Å²) in [6, 6.07) is 1.03. The summed E-state index contributed by atoms with van der Waals surface area (Å²) in [5, 5.41) is 4.71. The SMILES string of the molecule is CCCNC(=O)Nc1c(N)cc(F)cc1F. The van der Waals surface area contributed by atoms with Gasteiger partial charge in [0, 0.05) is 12.6 Å². The highest BCUT2D eigenvalue weighted by Crippen LogP contribution is 2.23. The first-order valence-corrected chi connectivity index (χ1v) is 4.84. The molecular formula is C10H13F2N3O. The molecule has 88 valence electrons. The van der Waals surface area contributed by atoms with Gasteiger partial charge in [0.25, 0.3) is 0 Å². The Morgan fingerprint density at radius 2 is 2.12 bits per heavy atom. The van der Waals surface area contributed by atoms with Crippen LogP contribution in [0, 0.1) is 11.6 Å². The van der Waals surface area contributed by atoms with Gasteiger partial charge in [-0.3, -0.25) is 0 Å². The number of benzene rings is 1. The number of carbonyl (C=O) groups is 1. The van der Waals surface area contributed by atoms with E-state index in [1.807, 2.05) is 6.92 Å². The summed E-state index contributed by atoms with van der Waals surface area (Å²) in [6.07, 6.45) is 0.759. The van der Waals surface area contributed by atoms with Crippen molar-refractivity contribution in [1.29, 1.82) is 0 Å². The molecule has 0 aliphatic heterocycles. The second-order valence-corrected chi connectivity index (χ2v) is 3.23. The molecule has 0 bridgehead atoms. The van der Waals surface area contributed by atoms with E-state index in [1.54, 1.807) is 0 Å². The van der Waals surface area contributed by atoms with Gasteiger partial charge in [0.05, 0.1) is 5.69 Å². The Kier molecular flexibility index (Phi) is 4.04. The van der Waals surface area contributed by atoms with E-state index < -0.39 is 17.7 Å². The number of halogens is 2. The standard InChI is InChI=1S/C10H13F2N3O/c1-2-3-14-10(16)15-9-7(12)4-6(11)5-8(9)13/h4-5H,2-3,13H2,1H3,(H2,14,15,16). The number of nitrogens with two attached hydrogens (primary N) is 1. The third-order valence-electron chi connectivity index (χ3n) is 1.86. The molecule has 0 atom stereocenters. The molecule has 16 heavy (non-hydrogen) atoms. The maximum absolute atomic E-state index is 13.2. The molecule has 2 amide bonds. The van der Waals surface area contributed by atoms with Crippen LogP contribution < -0.4 is 16.4 Å². The second kappa shape index (κ2) is 5.29. The van der Waals surface area contributed by atoms with Crippen molar-refractivity contribution < 1.29 is 13.6 Å². The van der Waals surface area contributed by atoms with E-state index in [2.05, 4.69) is 10.6 Å². The summed E-state index contributed by atoms with van der Waals surface area (Å²) in [6.45, 7) is 2.35. The molecule has 0 aliphatic carbocycles. The molecule has 0 heterocycles. The molecule has 4 N–H and O–H groups in total. The van der Waals surface area contributed by atoms with E-state index in [-0.39, 0.29) is 11.4 Å². The zero-order valence-electron chi connectivity index (χ0n) is 8.81. The summed E-state index contributed by atoms with van der Waals surface area (Å²) in [5.74, 6) is -1.68. The van der Waals surface area contributed by atoms with Crippen LogP contribution in [0.15, 0.2) is 12.1 Å². The Morgan fingerprint density at radius 1 is 1.44 bits per heavy atom. The van der Waals surface area contributed by atoms with Crippen LogP contribution in [0.4, 0.5) is 25.0 Å². The average molecular weight is 229 g/mol. The molecule has 6 heteroatoms. The molecule has 0 aromatic heterocycles. The number of anilines is 2. The Hall–Kier alpha value is -1.85. The Morgan fingerprint density at radius 3 is 2.69 bits per heavy atom. The minimum atomic E-state index is -0.899. The van der Waals surface area contributed by atoms with E-state index in [9.17, 15) is 13.6 Å². The second-order valence-electron chi connectivity index (χ2n) is 3.23. The summed E-state index contributed by atoms with van der Waals surface area (Å²) in [7, 11) is 0. The molecule has 1 rings (SSSR count). The van der Waals surface area contributed by atoms with Crippen molar-refractivity contribution >= 4 is 17.4 Å². The quantitative estimate of drug-likeness (QED) is 0.694. The zero-order chi connectivity index (χ0) is 12.1. The number of amides is 2. The minimum Gasteiger partial charge on any atom is -0.397 e. The molecule has 0 spiro atoms. The van der Waals surface area contributed by atoms with Crippen LogP contribution in [0.25, 0.3) is 0 Å². The van der Waals surface area contributed by atoms with Crippen LogP contribution in [-0.4, -0.2) is 12.6 Å². The monoisotopic (exact) mass is 229 g/mol. The molecule has 1 aromatic rings. The molecular weight excluding hydrogens is 216 g/mol. The molecule has 0 radical (unpaired) electrons. The van der Waals surface area contributed by atoms with E-state index in [1.165, 1.54) is 0 Å². The first-order valence-electron chi connectivity index (χ1n) is 4.84. The van der Waals surface area contributed by atoms with Crippen LogP contribution in [0.3, 0.4) is 0 Å². The van der Waals surface area contributed by atoms with Gasteiger partial charge in [0.1, 0.15) is 11.5 Å². The number of carbonyl (C=O) groups excluding carboxylic acids is 1. The number of hydrogen-bond acceptors (Lipinski definition) is 2. The fourth-order valence-electron chi connectivity index (χ4n) is 1.12. The average Bonchev–Trinajstić information content (AvgIpc) is 2.20. The molecule has 0 saturated heterocycles. The molecule has 0 aliphatic rings. The van der Waals surface area contributed by atoms with Gasteiger partial charge in [0.15, 0.2) is 5.82 Å². The molecule has 0 saturated carbocycles. The maximum atomic E-state index is 13.2. The number of nitrogens with one attached hydrogen (secondary N) is 2. The van der Waals surface area contributed by atoms with Crippen LogP contribution >= 0.6 is 0 Å². The topological polar surface area (TPSA) is 67.2 Å². The van der Waals surface area contributed by atoms with Crippen LogP contribution in [0.2, 0.25) is 0 Å². The zero-order valence-corrected chi connectivity index (χ0v) is 8.81. The first-order chi connectivity index (χ1) is 7.54. The summed E-state index contributed by atoms with van der Waals surface area (Å²) in [4.78, 5) is 11.2. The predicted octanol–water partition coefficient (Wildman–Crippen LogP) is 2.08. The van der Waals surface area contributed by atoms with Crippen molar-refractivity contribution in [2.75, 3.05) is 17.6 Å². The van der Waals surface area contributed by atoms with E-state index >= 15 is 0 Å². The minimum absolute atomic E-state index is 0.149. The van der Waals surface area contributed by atoms with Crippen LogP contribution in [0.5, 0.6) is 0 Å². The summed E-state index contributed by atoms with van der Waals surface area (Å²) < 4.78 is 25.9.